The Hall–Kier alpha value is -1.90. The normalized spacial score (nSPS) is 13.2. The molecule has 0 spiro atoms. The lowest BCUT2D eigenvalue weighted by Crippen LogP contribution is -1.91. The van der Waals surface area contributed by atoms with Gasteiger partial charge in [0.25, 0.3) is 0 Å². The SMILES string of the molecule is N#Cc1c(Cl)nsc1Oc1ccc2c(c1)CCC2=O. The third-order valence-electron chi connectivity index (χ3n) is 2.94. The molecule has 2 aromatic rings. The fraction of sp³-hybridized carbons (Fsp3) is 0.154. The van der Waals surface area contributed by atoms with Crippen molar-refractivity contribution in [1.82, 2.24) is 4.37 Å². The van der Waals surface area contributed by atoms with Gasteiger partial charge in [-0.05, 0) is 30.2 Å². The van der Waals surface area contributed by atoms with Crippen molar-refractivity contribution >= 4 is 28.9 Å². The summed E-state index contributed by atoms with van der Waals surface area (Å²) in [6.07, 6.45) is 1.29. The third kappa shape index (κ3) is 2.09. The molecule has 1 heterocycles. The Morgan fingerprint density at radius 1 is 1.42 bits per heavy atom. The predicted octanol–water partition coefficient (Wildman–Crippen LogP) is 3.59. The molecule has 0 saturated heterocycles. The third-order valence-corrected chi connectivity index (χ3v) is 4.04. The number of hydrogen-bond donors (Lipinski definition) is 0. The Kier molecular flexibility index (Phi) is 2.97. The topological polar surface area (TPSA) is 63.0 Å². The van der Waals surface area contributed by atoms with Crippen LogP contribution in [0, 0.1) is 11.3 Å². The Morgan fingerprint density at radius 3 is 3.05 bits per heavy atom. The van der Waals surface area contributed by atoms with Crippen LogP contribution in [0.3, 0.4) is 0 Å². The highest BCUT2D eigenvalue weighted by Gasteiger charge is 2.20. The molecule has 1 aliphatic rings. The van der Waals surface area contributed by atoms with Gasteiger partial charge in [-0.25, -0.2) is 0 Å². The second kappa shape index (κ2) is 4.65. The van der Waals surface area contributed by atoms with Crippen molar-refractivity contribution in [1.29, 1.82) is 5.26 Å². The Balaban J connectivity index is 1.93. The molecular formula is C13H7ClN2O2S. The fourth-order valence-electron chi connectivity index (χ4n) is 2.02. The van der Waals surface area contributed by atoms with Crippen molar-refractivity contribution in [2.75, 3.05) is 0 Å². The second-order valence-corrected chi connectivity index (χ2v) is 5.19. The van der Waals surface area contributed by atoms with Gasteiger partial charge in [0.2, 0.25) is 5.06 Å². The average molecular weight is 291 g/mol. The van der Waals surface area contributed by atoms with E-state index in [-0.39, 0.29) is 16.5 Å². The van der Waals surface area contributed by atoms with E-state index in [1.54, 1.807) is 12.1 Å². The number of carbonyl (C=O) groups is 1. The summed E-state index contributed by atoms with van der Waals surface area (Å²) in [5.74, 6) is 0.755. The van der Waals surface area contributed by atoms with Gasteiger partial charge in [0.15, 0.2) is 10.9 Å². The number of nitriles is 1. The van der Waals surface area contributed by atoms with Gasteiger partial charge in [-0.2, -0.15) is 9.64 Å². The smallest absolute Gasteiger partial charge is 0.219 e. The van der Waals surface area contributed by atoms with Crippen LogP contribution in [0.4, 0.5) is 0 Å². The van der Waals surface area contributed by atoms with Crippen molar-refractivity contribution in [3.63, 3.8) is 0 Å². The minimum atomic E-state index is 0.152. The summed E-state index contributed by atoms with van der Waals surface area (Å²) >= 11 is 6.81. The standard InChI is InChI=1S/C13H7ClN2O2S/c14-12-10(6-15)13(19-16-12)18-8-2-3-9-7(5-8)1-4-11(9)17/h2-3,5H,1,4H2. The molecule has 1 aromatic carbocycles. The van der Waals surface area contributed by atoms with Crippen LogP contribution in [0.25, 0.3) is 0 Å². The van der Waals surface area contributed by atoms with E-state index in [1.807, 2.05) is 12.1 Å². The van der Waals surface area contributed by atoms with Gasteiger partial charge in [-0.1, -0.05) is 11.6 Å². The van der Waals surface area contributed by atoms with Crippen LogP contribution in [-0.4, -0.2) is 10.2 Å². The number of fused-ring (bicyclic) bond motifs is 1. The highest BCUT2D eigenvalue weighted by molar-refractivity contribution is 7.08. The number of benzene rings is 1. The van der Waals surface area contributed by atoms with Crippen LogP contribution in [0.1, 0.15) is 27.9 Å². The maximum atomic E-state index is 11.5. The maximum absolute atomic E-state index is 11.5. The number of aromatic nitrogens is 1. The van der Waals surface area contributed by atoms with Gasteiger partial charge >= 0.3 is 0 Å². The predicted molar refractivity (Wildman–Crippen MR) is 71.0 cm³/mol. The van der Waals surface area contributed by atoms with E-state index in [0.717, 1.165) is 29.1 Å². The molecule has 4 nitrogen and oxygen atoms in total. The van der Waals surface area contributed by atoms with Gasteiger partial charge in [0, 0.05) is 23.5 Å². The first-order chi connectivity index (χ1) is 9.19. The monoisotopic (exact) mass is 290 g/mol. The molecule has 3 rings (SSSR count). The first kappa shape index (κ1) is 12.2. The molecule has 0 fully saturated rings. The Morgan fingerprint density at radius 2 is 2.26 bits per heavy atom. The number of halogens is 1. The number of aryl methyl sites for hydroxylation is 1. The molecule has 0 saturated carbocycles. The molecule has 0 atom stereocenters. The van der Waals surface area contributed by atoms with Crippen molar-refractivity contribution in [3.8, 4) is 16.9 Å². The first-order valence-electron chi connectivity index (χ1n) is 5.58. The van der Waals surface area contributed by atoms with E-state index < -0.39 is 0 Å². The number of ether oxygens (including phenoxy) is 1. The highest BCUT2D eigenvalue weighted by Crippen LogP contribution is 2.35. The molecule has 1 aromatic heterocycles. The summed E-state index contributed by atoms with van der Waals surface area (Å²) < 4.78 is 9.49. The van der Waals surface area contributed by atoms with Gasteiger partial charge in [0.05, 0.1) is 0 Å². The van der Waals surface area contributed by atoms with E-state index in [0.29, 0.717) is 17.2 Å². The lowest BCUT2D eigenvalue weighted by Gasteiger charge is -2.05. The van der Waals surface area contributed by atoms with Gasteiger partial charge < -0.3 is 4.74 Å². The molecule has 1 aliphatic carbocycles. The summed E-state index contributed by atoms with van der Waals surface area (Å²) in [5.41, 5.74) is 1.98. The molecule has 0 N–H and O–H groups in total. The minimum Gasteiger partial charge on any atom is -0.444 e. The molecule has 0 radical (unpaired) electrons. The lowest BCUT2D eigenvalue weighted by molar-refractivity contribution is 0.0994. The van der Waals surface area contributed by atoms with E-state index in [2.05, 4.69) is 4.37 Å². The van der Waals surface area contributed by atoms with E-state index in [4.69, 9.17) is 21.6 Å². The van der Waals surface area contributed by atoms with Crippen molar-refractivity contribution in [3.05, 3.63) is 40.0 Å². The van der Waals surface area contributed by atoms with Crippen LogP contribution < -0.4 is 4.74 Å². The number of rotatable bonds is 2. The van der Waals surface area contributed by atoms with Gasteiger partial charge in [-0.15, -0.1) is 0 Å². The first-order valence-corrected chi connectivity index (χ1v) is 6.73. The Bertz CT molecular complexity index is 718. The van der Waals surface area contributed by atoms with Crippen molar-refractivity contribution in [2.24, 2.45) is 0 Å². The molecule has 0 bridgehead atoms. The lowest BCUT2D eigenvalue weighted by atomic mass is 10.1. The maximum Gasteiger partial charge on any atom is 0.219 e. The van der Waals surface area contributed by atoms with Crippen LogP contribution >= 0.6 is 23.1 Å². The average Bonchev–Trinajstić information content (AvgIpc) is 2.94. The molecule has 0 amide bonds. The Labute approximate surface area is 118 Å². The number of hydrogen-bond acceptors (Lipinski definition) is 5. The molecule has 19 heavy (non-hydrogen) atoms. The highest BCUT2D eigenvalue weighted by atomic mass is 35.5. The summed E-state index contributed by atoms with van der Waals surface area (Å²) in [4.78, 5) is 11.5. The largest absolute Gasteiger partial charge is 0.444 e. The number of Topliss-reactive ketones (excluding diaryl/α,β-unsaturated/α-hetero) is 1. The molecule has 0 unspecified atom stereocenters. The van der Waals surface area contributed by atoms with Gasteiger partial charge in [-0.3, -0.25) is 4.79 Å². The number of nitrogens with zero attached hydrogens (tertiary/aromatic N) is 2. The quantitative estimate of drug-likeness (QED) is 0.848. The van der Waals surface area contributed by atoms with Crippen molar-refractivity contribution < 1.29 is 9.53 Å². The number of ketones is 1. The summed E-state index contributed by atoms with van der Waals surface area (Å²) in [7, 11) is 0. The summed E-state index contributed by atoms with van der Waals surface area (Å²) in [6, 6.07) is 7.27. The molecular weight excluding hydrogens is 284 g/mol. The zero-order valence-corrected chi connectivity index (χ0v) is 11.2. The van der Waals surface area contributed by atoms with E-state index >= 15 is 0 Å². The zero-order chi connectivity index (χ0) is 13.4. The van der Waals surface area contributed by atoms with Crippen LogP contribution in [-0.2, 0) is 6.42 Å². The number of carbonyl (C=O) groups excluding carboxylic acids is 1. The van der Waals surface area contributed by atoms with Crippen LogP contribution in [0.2, 0.25) is 5.15 Å². The minimum absolute atomic E-state index is 0.152. The molecule has 0 aliphatic heterocycles. The molecule has 6 heteroatoms. The van der Waals surface area contributed by atoms with Crippen molar-refractivity contribution in [2.45, 2.75) is 12.8 Å². The van der Waals surface area contributed by atoms with E-state index in [9.17, 15) is 4.79 Å². The van der Waals surface area contributed by atoms with Crippen LogP contribution in [0.5, 0.6) is 10.8 Å². The summed E-state index contributed by atoms with van der Waals surface area (Å²) in [6.45, 7) is 0. The second-order valence-electron chi connectivity index (χ2n) is 4.09. The zero-order valence-electron chi connectivity index (χ0n) is 9.64. The fourth-order valence-corrected chi connectivity index (χ4v) is 2.93. The molecule has 94 valence electrons. The van der Waals surface area contributed by atoms with Crippen LogP contribution in [0.15, 0.2) is 18.2 Å². The van der Waals surface area contributed by atoms with Gasteiger partial charge in [0.1, 0.15) is 17.4 Å². The summed E-state index contributed by atoms with van der Waals surface area (Å²) in [5, 5.41) is 9.49. The van der Waals surface area contributed by atoms with E-state index in [1.165, 1.54) is 0 Å².